The zero-order valence-electron chi connectivity index (χ0n) is 20.9. The van der Waals surface area contributed by atoms with Crippen molar-refractivity contribution in [1.82, 2.24) is 24.9 Å². The molecule has 12 nitrogen and oxygen atoms in total. The smallest absolute Gasteiger partial charge is 0.328 e. The number of anilines is 2. The molecule has 0 spiro atoms. The summed E-state index contributed by atoms with van der Waals surface area (Å²) in [5.74, 6) is 2.37. The molecular weight excluding hydrogens is 490 g/mol. The van der Waals surface area contributed by atoms with Crippen LogP contribution in [0.2, 0.25) is 0 Å². The molecule has 2 aliphatic heterocycles. The number of benzene rings is 2. The van der Waals surface area contributed by atoms with Crippen LogP contribution >= 0.6 is 0 Å². The summed E-state index contributed by atoms with van der Waals surface area (Å²) in [5.41, 5.74) is 1.08. The maximum absolute atomic E-state index is 12.6. The van der Waals surface area contributed by atoms with Crippen LogP contribution in [0.25, 0.3) is 22.3 Å². The third-order valence-corrected chi connectivity index (χ3v) is 6.43. The molecule has 0 unspecified atom stereocenters. The van der Waals surface area contributed by atoms with Gasteiger partial charge in [0, 0.05) is 31.7 Å². The third-order valence-electron chi connectivity index (χ3n) is 6.43. The summed E-state index contributed by atoms with van der Waals surface area (Å²) < 4.78 is 22.7. The first kappa shape index (κ1) is 24.1. The lowest BCUT2D eigenvalue weighted by atomic mass is 10.1. The first-order chi connectivity index (χ1) is 18.7. The van der Waals surface area contributed by atoms with Crippen LogP contribution in [0.15, 0.2) is 47.3 Å². The molecule has 4 heterocycles. The van der Waals surface area contributed by atoms with Crippen LogP contribution in [-0.2, 0) is 9.47 Å². The normalized spacial score (nSPS) is 16.0. The summed E-state index contributed by atoms with van der Waals surface area (Å²) in [6.07, 6.45) is 0. The van der Waals surface area contributed by atoms with Crippen LogP contribution in [0.3, 0.4) is 0 Å². The molecule has 1 N–H and O–H groups in total. The Morgan fingerprint density at radius 3 is 2.13 bits per heavy atom. The fourth-order valence-corrected chi connectivity index (χ4v) is 4.41. The fourth-order valence-electron chi connectivity index (χ4n) is 4.41. The quantitative estimate of drug-likeness (QED) is 0.404. The Balaban J connectivity index is 1.33. The number of morpholine rings is 2. The summed E-state index contributed by atoms with van der Waals surface area (Å²) in [6, 6.07) is 12.7. The SMILES string of the molecule is COc1cc(-c2nc3ccccc3c(=O)[nH]2)ccc1Oc1nc(N2CCOCC2)nc(N2CCOCC2)n1. The van der Waals surface area contributed by atoms with Crippen molar-refractivity contribution in [1.29, 1.82) is 0 Å². The predicted octanol–water partition coefficient (Wildman–Crippen LogP) is 2.25. The van der Waals surface area contributed by atoms with Gasteiger partial charge >= 0.3 is 6.01 Å². The van der Waals surface area contributed by atoms with Gasteiger partial charge in [0.25, 0.3) is 5.56 Å². The average molecular weight is 518 g/mol. The van der Waals surface area contributed by atoms with E-state index in [1.54, 1.807) is 31.4 Å². The molecule has 0 radical (unpaired) electrons. The number of aromatic nitrogens is 5. The summed E-state index contributed by atoms with van der Waals surface area (Å²) in [5, 5.41) is 0.533. The van der Waals surface area contributed by atoms with Gasteiger partial charge in [0.1, 0.15) is 5.82 Å². The third kappa shape index (κ3) is 4.95. The number of nitrogens with one attached hydrogen (secondary N) is 1. The zero-order chi connectivity index (χ0) is 25.9. The van der Waals surface area contributed by atoms with E-state index >= 15 is 0 Å². The van der Waals surface area contributed by atoms with Crippen molar-refractivity contribution in [3.8, 4) is 28.9 Å². The van der Waals surface area contributed by atoms with Crippen molar-refractivity contribution in [2.75, 3.05) is 69.5 Å². The number of fused-ring (bicyclic) bond motifs is 1. The van der Waals surface area contributed by atoms with Crippen molar-refractivity contribution < 1.29 is 18.9 Å². The second-order valence-electron chi connectivity index (χ2n) is 8.82. The van der Waals surface area contributed by atoms with Crippen LogP contribution in [-0.4, -0.2) is 84.6 Å². The first-order valence-corrected chi connectivity index (χ1v) is 12.4. The number of para-hydroxylation sites is 1. The van der Waals surface area contributed by atoms with E-state index in [4.69, 9.17) is 23.9 Å². The molecule has 2 aromatic carbocycles. The highest BCUT2D eigenvalue weighted by Crippen LogP contribution is 2.34. The maximum atomic E-state index is 12.6. The molecule has 12 heteroatoms. The van der Waals surface area contributed by atoms with Gasteiger partial charge in [-0.1, -0.05) is 12.1 Å². The molecule has 6 rings (SSSR count). The van der Waals surface area contributed by atoms with Crippen LogP contribution in [0, 0.1) is 0 Å². The van der Waals surface area contributed by atoms with E-state index in [9.17, 15) is 4.79 Å². The molecule has 0 saturated carbocycles. The van der Waals surface area contributed by atoms with Crippen LogP contribution < -0.4 is 24.8 Å². The molecule has 2 saturated heterocycles. The van der Waals surface area contributed by atoms with Gasteiger partial charge < -0.3 is 33.7 Å². The summed E-state index contributed by atoms with van der Waals surface area (Å²) >= 11 is 0. The number of nitrogens with zero attached hydrogens (tertiary/aromatic N) is 6. The lowest BCUT2D eigenvalue weighted by Gasteiger charge is -2.30. The summed E-state index contributed by atoms with van der Waals surface area (Å²) in [7, 11) is 1.55. The lowest BCUT2D eigenvalue weighted by molar-refractivity contribution is 0.121. The number of aromatic amines is 1. The molecular formula is C26H27N7O5. The minimum atomic E-state index is -0.207. The van der Waals surface area contributed by atoms with Gasteiger partial charge in [-0.3, -0.25) is 4.79 Å². The molecule has 2 fully saturated rings. The van der Waals surface area contributed by atoms with E-state index in [1.165, 1.54) is 0 Å². The zero-order valence-corrected chi connectivity index (χ0v) is 20.9. The standard InChI is InChI=1S/C26H27N7O5/c1-35-21-16-17(22-27-19-5-3-2-4-18(19)23(34)28-22)6-7-20(21)38-26-30-24(32-8-12-36-13-9-32)29-25(31-26)33-10-14-37-15-11-33/h2-7,16H,8-15H2,1H3,(H,27,28,34). The van der Waals surface area contributed by atoms with Gasteiger partial charge in [0.05, 0.1) is 44.4 Å². The summed E-state index contributed by atoms with van der Waals surface area (Å²) in [6.45, 7) is 5.15. The van der Waals surface area contributed by atoms with Gasteiger partial charge in [0.2, 0.25) is 11.9 Å². The Morgan fingerprint density at radius 2 is 1.47 bits per heavy atom. The molecule has 0 amide bonds. The Bertz CT molecular complexity index is 1460. The van der Waals surface area contributed by atoms with Gasteiger partial charge in [0.15, 0.2) is 11.5 Å². The van der Waals surface area contributed by atoms with E-state index in [0.29, 0.717) is 98.3 Å². The topological polar surface area (TPSA) is 128 Å². The Kier molecular flexibility index (Phi) is 6.71. The monoisotopic (exact) mass is 517 g/mol. The van der Waals surface area contributed by atoms with Crippen molar-refractivity contribution >= 4 is 22.8 Å². The number of hydrogen-bond acceptors (Lipinski definition) is 11. The highest BCUT2D eigenvalue weighted by atomic mass is 16.5. The largest absolute Gasteiger partial charge is 0.493 e. The fraction of sp³-hybridized carbons (Fsp3) is 0.346. The van der Waals surface area contributed by atoms with E-state index in [-0.39, 0.29) is 11.6 Å². The van der Waals surface area contributed by atoms with Crippen molar-refractivity contribution in [2.24, 2.45) is 0 Å². The second kappa shape index (κ2) is 10.6. The van der Waals surface area contributed by atoms with Crippen LogP contribution in [0.1, 0.15) is 0 Å². The Morgan fingerprint density at radius 1 is 0.816 bits per heavy atom. The number of ether oxygens (including phenoxy) is 4. The van der Waals surface area contributed by atoms with E-state index in [0.717, 1.165) is 0 Å². The number of rotatable bonds is 6. The Labute approximate surface area is 218 Å². The molecule has 0 aliphatic carbocycles. The van der Waals surface area contributed by atoms with E-state index < -0.39 is 0 Å². The molecule has 2 aliphatic rings. The molecule has 0 bridgehead atoms. The highest BCUT2D eigenvalue weighted by Gasteiger charge is 2.22. The maximum Gasteiger partial charge on any atom is 0.328 e. The highest BCUT2D eigenvalue weighted by molar-refractivity contribution is 5.79. The second-order valence-corrected chi connectivity index (χ2v) is 8.82. The van der Waals surface area contributed by atoms with Crippen LogP contribution in [0.4, 0.5) is 11.9 Å². The first-order valence-electron chi connectivity index (χ1n) is 12.4. The number of methoxy groups -OCH3 is 1. The lowest BCUT2D eigenvalue weighted by Crippen LogP contribution is -2.40. The van der Waals surface area contributed by atoms with E-state index in [1.807, 2.05) is 18.2 Å². The van der Waals surface area contributed by atoms with Gasteiger partial charge in [-0.25, -0.2) is 4.98 Å². The minimum Gasteiger partial charge on any atom is -0.493 e. The van der Waals surface area contributed by atoms with Crippen molar-refractivity contribution in [3.63, 3.8) is 0 Å². The average Bonchev–Trinajstić information content (AvgIpc) is 2.98. The molecule has 4 aromatic rings. The number of H-pyrrole nitrogens is 1. The van der Waals surface area contributed by atoms with Gasteiger partial charge in [-0.15, -0.1) is 0 Å². The summed E-state index contributed by atoms with van der Waals surface area (Å²) in [4.78, 5) is 38.1. The molecule has 0 atom stereocenters. The predicted molar refractivity (Wildman–Crippen MR) is 140 cm³/mol. The van der Waals surface area contributed by atoms with Crippen molar-refractivity contribution in [3.05, 3.63) is 52.8 Å². The van der Waals surface area contributed by atoms with Crippen molar-refractivity contribution in [2.45, 2.75) is 0 Å². The minimum absolute atomic E-state index is 0.159. The van der Waals surface area contributed by atoms with Crippen LogP contribution in [0.5, 0.6) is 17.5 Å². The molecule has 38 heavy (non-hydrogen) atoms. The molecule has 196 valence electrons. The number of hydrogen-bond donors (Lipinski definition) is 1. The van der Waals surface area contributed by atoms with Gasteiger partial charge in [-0.2, -0.15) is 15.0 Å². The Hall–Kier alpha value is -4.29. The molecule has 2 aromatic heterocycles. The van der Waals surface area contributed by atoms with E-state index in [2.05, 4.69) is 29.7 Å². The van der Waals surface area contributed by atoms with Gasteiger partial charge in [-0.05, 0) is 30.3 Å².